The van der Waals surface area contributed by atoms with Gasteiger partial charge in [0.15, 0.2) is 0 Å². The molecule has 2 fully saturated rings. The Morgan fingerprint density at radius 3 is 2.96 bits per heavy atom. The highest BCUT2D eigenvalue weighted by atomic mass is 16.5. The Labute approximate surface area is 152 Å². The highest BCUT2D eigenvalue weighted by Gasteiger charge is 2.34. The molecule has 2 heterocycles. The van der Waals surface area contributed by atoms with Crippen molar-refractivity contribution in [1.82, 2.24) is 19.9 Å². The topological polar surface area (TPSA) is 89.3 Å². The smallest absolute Gasteiger partial charge is 0.251 e. The van der Waals surface area contributed by atoms with Crippen LogP contribution < -0.4 is 10.1 Å². The number of imidazole rings is 1. The van der Waals surface area contributed by atoms with Crippen LogP contribution in [0.3, 0.4) is 0 Å². The van der Waals surface area contributed by atoms with Gasteiger partial charge in [-0.2, -0.15) is 0 Å². The van der Waals surface area contributed by atoms with Gasteiger partial charge in [-0.1, -0.05) is 0 Å². The summed E-state index contributed by atoms with van der Waals surface area (Å²) in [6, 6.07) is 3.12. The molecule has 1 amide bonds. The first-order chi connectivity index (χ1) is 12.7. The molecule has 2 aliphatic rings. The summed E-state index contributed by atoms with van der Waals surface area (Å²) in [7, 11) is 0. The minimum atomic E-state index is -0.528. The number of carbonyl (C=O) groups is 1. The Hall–Kier alpha value is -2.41. The Kier molecular flexibility index (Phi) is 4.88. The van der Waals surface area contributed by atoms with Crippen molar-refractivity contribution >= 4 is 5.91 Å². The van der Waals surface area contributed by atoms with Crippen molar-refractivity contribution in [3.05, 3.63) is 42.6 Å². The Balaban J connectivity index is 1.34. The second-order valence-electron chi connectivity index (χ2n) is 7.30. The molecule has 0 aromatic carbocycles. The molecular formula is C19H24N4O3. The lowest BCUT2D eigenvalue weighted by Gasteiger charge is -2.25. The van der Waals surface area contributed by atoms with E-state index in [9.17, 15) is 9.90 Å². The molecule has 1 unspecified atom stereocenters. The van der Waals surface area contributed by atoms with Crippen LogP contribution >= 0.6 is 0 Å². The fourth-order valence-corrected chi connectivity index (χ4v) is 3.64. The predicted octanol–water partition coefficient (Wildman–Crippen LogP) is 1.78. The van der Waals surface area contributed by atoms with Gasteiger partial charge in [-0.15, -0.1) is 0 Å². The molecule has 0 spiro atoms. The molecule has 0 bridgehead atoms. The molecule has 0 saturated heterocycles. The highest BCUT2D eigenvalue weighted by Crippen LogP contribution is 2.28. The van der Waals surface area contributed by atoms with Gasteiger partial charge in [-0.05, 0) is 44.1 Å². The average Bonchev–Trinajstić information content (AvgIpc) is 3.22. The standard InChI is InChI=1S/C19H24N4O3/c24-17-9-13(11-23-7-6-20-12-23)8-16(17)22-19(25)14-4-5-21-18(10-14)26-15-2-1-3-15/h4-7,10,12-13,15-17,24H,1-3,8-9,11H2,(H,22,25)/t13?,16-,17-/m1/s1. The number of amides is 1. The zero-order valence-electron chi connectivity index (χ0n) is 14.6. The Morgan fingerprint density at radius 2 is 2.23 bits per heavy atom. The first-order valence-electron chi connectivity index (χ1n) is 9.25. The van der Waals surface area contributed by atoms with Crippen LogP contribution in [0.1, 0.15) is 42.5 Å². The van der Waals surface area contributed by atoms with Crippen LogP contribution in [0.25, 0.3) is 0 Å². The molecular weight excluding hydrogens is 332 g/mol. The van der Waals surface area contributed by atoms with Gasteiger partial charge in [0.05, 0.1) is 18.5 Å². The van der Waals surface area contributed by atoms with E-state index < -0.39 is 6.10 Å². The number of hydrogen-bond acceptors (Lipinski definition) is 5. The number of carbonyl (C=O) groups excluding carboxylic acids is 1. The second-order valence-corrected chi connectivity index (χ2v) is 7.30. The van der Waals surface area contributed by atoms with Crippen LogP contribution in [-0.4, -0.2) is 43.8 Å². The largest absolute Gasteiger partial charge is 0.474 e. The number of pyridine rings is 1. The zero-order valence-corrected chi connectivity index (χ0v) is 14.6. The molecule has 7 nitrogen and oxygen atoms in total. The highest BCUT2D eigenvalue weighted by molar-refractivity contribution is 5.94. The number of ether oxygens (including phenoxy) is 1. The zero-order chi connectivity index (χ0) is 17.9. The fourth-order valence-electron chi connectivity index (χ4n) is 3.64. The summed E-state index contributed by atoms with van der Waals surface area (Å²) >= 11 is 0. The molecule has 2 N–H and O–H groups in total. The molecule has 2 aromatic rings. The Bertz CT molecular complexity index is 745. The van der Waals surface area contributed by atoms with Crippen LogP contribution in [-0.2, 0) is 6.54 Å². The number of hydrogen-bond donors (Lipinski definition) is 2. The first-order valence-corrected chi connectivity index (χ1v) is 9.25. The first kappa shape index (κ1) is 17.0. The summed E-state index contributed by atoms with van der Waals surface area (Å²) < 4.78 is 7.77. The van der Waals surface area contributed by atoms with Crippen molar-refractivity contribution in [1.29, 1.82) is 0 Å². The van der Waals surface area contributed by atoms with Gasteiger partial charge in [0.25, 0.3) is 5.91 Å². The van der Waals surface area contributed by atoms with E-state index in [0.717, 1.165) is 25.8 Å². The number of nitrogens with one attached hydrogen (secondary N) is 1. The van der Waals surface area contributed by atoms with Crippen molar-refractivity contribution in [2.75, 3.05) is 0 Å². The number of nitrogens with zero attached hydrogens (tertiary/aromatic N) is 3. The number of aliphatic hydroxyl groups is 1. The van der Waals surface area contributed by atoms with E-state index in [-0.39, 0.29) is 18.1 Å². The molecule has 0 aliphatic heterocycles. The SMILES string of the molecule is O=C(N[C@@H]1CC(Cn2ccnc2)C[C@H]1O)c1ccnc(OC2CCC2)c1. The van der Waals surface area contributed by atoms with E-state index in [1.165, 1.54) is 6.42 Å². The van der Waals surface area contributed by atoms with E-state index in [0.29, 0.717) is 23.8 Å². The van der Waals surface area contributed by atoms with Crippen molar-refractivity contribution in [2.45, 2.75) is 56.9 Å². The van der Waals surface area contributed by atoms with Crippen LogP contribution in [0.5, 0.6) is 5.88 Å². The van der Waals surface area contributed by atoms with Crippen molar-refractivity contribution in [3.8, 4) is 5.88 Å². The monoisotopic (exact) mass is 356 g/mol. The molecule has 26 heavy (non-hydrogen) atoms. The van der Waals surface area contributed by atoms with Crippen molar-refractivity contribution < 1.29 is 14.6 Å². The van der Waals surface area contributed by atoms with Crippen LogP contribution in [0.2, 0.25) is 0 Å². The van der Waals surface area contributed by atoms with Gasteiger partial charge in [-0.25, -0.2) is 9.97 Å². The number of aliphatic hydroxyl groups excluding tert-OH is 1. The van der Waals surface area contributed by atoms with Gasteiger partial charge in [0, 0.05) is 36.8 Å². The fraction of sp³-hybridized carbons (Fsp3) is 0.526. The summed E-state index contributed by atoms with van der Waals surface area (Å²) in [6.07, 6.45) is 11.4. The van der Waals surface area contributed by atoms with Crippen LogP contribution in [0.15, 0.2) is 37.1 Å². The molecule has 2 saturated carbocycles. The molecule has 2 aliphatic carbocycles. The van der Waals surface area contributed by atoms with E-state index in [1.807, 2.05) is 10.8 Å². The van der Waals surface area contributed by atoms with E-state index in [1.54, 1.807) is 30.9 Å². The van der Waals surface area contributed by atoms with Crippen molar-refractivity contribution in [2.24, 2.45) is 5.92 Å². The maximum absolute atomic E-state index is 12.6. The predicted molar refractivity (Wildman–Crippen MR) is 94.7 cm³/mol. The summed E-state index contributed by atoms with van der Waals surface area (Å²) in [4.78, 5) is 20.8. The maximum atomic E-state index is 12.6. The van der Waals surface area contributed by atoms with Gasteiger partial charge in [0.1, 0.15) is 6.10 Å². The summed E-state index contributed by atoms with van der Waals surface area (Å²) in [5, 5.41) is 13.3. The van der Waals surface area contributed by atoms with Crippen LogP contribution in [0, 0.1) is 5.92 Å². The van der Waals surface area contributed by atoms with Crippen LogP contribution in [0.4, 0.5) is 0 Å². The Morgan fingerprint density at radius 1 is 1.35 bits per heavy atom. The molecule has 0 radical (unpaired) electrons. The second kappa shape index (κ2) is 7.45. The third kappa shape index (κ3) is 3.88. The minimum Gasteiger partial charge on any atom is -0.474 e. The third-order valence-corrected chi connectivity index (χ3v) is 5.31. The van der Waals surface area contributed by atoms with Gasteiger partial charge >= 0.3 is 0 Å². The minimum absolute atomic E-state index is 0.196. The lowest BCUT2D eigenvalue weighted by atomic mass is 9.96. The number of rotatable bonds is 6. The summed E-state index contributed by atoms with van der Waals surface area (Å²) in [5.74, 6) is 0.616. The summed E-state index contributed by atoms with van der Waals surface area (Å²) in [6.45, 7) is 0.804. The molecule has 2 aromatic heterocycles. The quantitative estimate of drug-likeness (QED) is 0.823. The number of aromatic nitrogens is 3. The van der Waals surface area contributed by atoms with Crippen molar-refractivity contribution in [3.63, 3.8) is 0 Å². The van der Waals surface area contributed by atoms with Gasteiger partial charge in [0.2, 0.25) is 5.88 Å². The molecule has 7 heteroatoms. The van der Waals surface area contributed by atoms with E-state index in [2.05, 4.69) is 15.3 Å². The molecule has 4 rings (SSSR count). The average molecular weight is 356 g/mol. The third-order valence-electron chi connectivity index (χ3n) is 5.31. The molecule has 3 atom stereocenters. The molecule has 138 valence electrons. The maximum Gasteiger partial charge on any atom is 0.251 e. The normalized spacial score (nSPS) is 25.7. The van der Waals surface area contributed by atoms with Gasteiger partial charge < -0.3 is 19.7 Å². The summed E-state index contributed by atoms with van der Waals surface area (Å²) in [5.41, 5.74) is 0.514. The van der Waals surface area contributed by atoms with E-state index in [4.69, 9.17) is 4.74 Å². The lowest BCUT2D eigenvalue weighted by Crippen LogP contribution is -2.40. The lowest BCUT2D eigenvalue weighted by molar-refractivity contribution is 0.0869. The van der Waals surface area contributed by atoms with Gasteiger partial charge in [-0.3, -0.25) is 4.79 Å². The van der Waals surface area contributed by atoms with E-state index >= 15 is 0 Å².